The molecule has 0 fully saturated rings. The Morgan fingerprint density at radius 1 is 1.04 bits per heavy atom. The van der Waals surface area contributed by atoms with Gasteiger partial charge in [-0.3, -0.25) is 10.1 Å². The van der Waals surface area contributed by atoms with E-state index < -0.39 is 4.92 Å². The van der Waals surface area contributed by atoms with Crippen molar-refractivity contribution in [1.29, 1.82) is 0 Å². The van der Waals surface area contributed by atoms with Gasteiger partial charge in [-0.15, -0.1) is 0 Å². The predicted octanol–water partition coefficient (Wildman–Crippen LogP) is 4.55. The van der Waals surface area contributed by atoms with Crippen LogP contribution in [0.1, 0.15) is 11.4 Å². The van der Waals surface area contributed by atoms with Crippen LogP contribution in [0.15, 0.2) is 36.4 Å². The molecule has 2 aromatic heterocycles. The molecule has 3 rings (SSSR count). The number of rotatable bonds is 3. The van der Waals surface area contributed by atoms with Crippen LogP contribution in [0.5, 0.6) is 0 Å². The van der Waals surface area contributed by atoms with Crippen LogP contribution >= 0.6 is 11.6 Å². The van der Waals surface area contributed by atoms with E-state index in [1.165, 1.54) is 18.2 Å². The molecule has 0 radical (unpaired) electrons. The Kier molecular flexibility index (Phi) is 3.83. The maximum Gasteiger partial charge on any atom is 0.292 e. The zero-order valence-electron chi connectivity index (χ0n) is 12.5. The fraction of sp³-hybridized carbons (Fsp3) is 0.125. The standard InChI is InChI=1S/C16H13ClN4O2/c1-9-3-5-12-13(7-10(2)19-16(12)18-9)20-14-8-11(17)4-6-15(14)21(22)23/h3-8H,1-2H3,(H,18,19,20). The third kappa shape index (κ3) is 3.07. The molecular weight excluding hydrogens is 316 g/mol. The Hall–Kier alpha value is -2.73. The van der Waals surface area contributed by atoms with Crippen LogP contribution in [-0.2, 0) is 0 Å². The number of pyridine rings is 2. The summed E-state index contributed by atoms with van der Waals surface area (Å²) in [6, 6.07) is 9.99. The average molecular weight is 329 g/mol. The Morgan fingerprint density at radius 3 is 2.52 bits per heavy atom. The summed E-state index contributed by atoms with van der Waals surface area (Å²) < 4.78 is 0. The van der Waals surface area contributed by atoms with Crippen molar-refractivity contribution >= 4 is 39.7 Å². The van der Waals surface area contributed by atoms with E-state index in [1.54, 1.807) is 0 Å². The van der Waals surface area contributed by atoms with Gasteiger partial charge in [0, 0.05) is 27.9 Å². The maximum atomic E-state index is 11.2. The highest BCUT2D eigenvalue weighted by molar-refractivity contribution is 6.31. The summed E-state index contributed by atoms with van der Waals surface area (Å²) in [5.74, 6) is 0. The molecule has 0 unspecified atom stereocenters. The Labute approximate surface area is 137 Å². The molecule has 0 amide bonds. The van der Waals surface area contributed by atoms with Crippen LogP contribution in [0.2, 0.25) is 5.02 Å². The highest BCUT2D eigenvalue weighted by Crippen LogP contribution is 2.33. The lowest BCUT2D eigenvalue weighted by atomic mass is 10.2. The van der Waals surface area contributed by atoms with Gasteiger partial charge >= 0.3 is 0 Å². The minimum atomic E-state index is -0.447. The van der Waals surface area contributed by atoms with Gasteiger partial charge < -0.3 is 5.32 Å². The van der Waals surface area contributed by atoms with Gasteiger partial charge in [0.05, 0.1) is 10.6 Å². The number of anilines is 2. The van der Waals surface area contributed by atoms with Crippen molar-refractivity contribution in [1.82, 2.24) is 9.97 Å². The molecule has 0 saturated carbocycles. The van der Waals surface area contributed by atoms with Crippen LogP contribution in [0, 0.1) is 24.0 Å². The second-order valence-electron chi connectivity index (χ2n) is 5.18. The molecule has 0 aliphatic carbocycles. The van der Waals surface area contributed by atoms with Crippen LogP contribution in [0.4, 0.5) is 17.1 Å². The number of nitrogens with zero attached hydrogens (tertiary/aromatic N) is 3. The topological polar surface area (TPSA) is 81.0 Å². The molecule has 0 atom stereocenters. The Balaban J connectivity index is 2.16. The molecule has 116 valence electrons. The first-order valence-electron chi connectivity index (χ1n) is 6.90. The number of hydrogen-bond donors (Lipinski definition) is 1. The first-order chi connectivity index (χ1) is 10.9. The zero-order chi connectivity index (χ0) is 16.6. The highest BCUT2D eigenvalue weighted by atomic mass is 35.5. The summed E-state index contributed by atoms with van der Waals surface area (Å²) in [6.45, 7) is 3.74. The quantitative estimate of drug-likeness (QED) is 0.563. The normalized spacial score (nSPS) is 10.7. The summed E-state index contributed by atoms with van der Waals surface area (Å²) in [5, 5.41) is 15.5. The summed E-state index contributed by atoms with van der Waals surface area (Å²) in [6.07, 6.45) is 0. The molecule has 7 heteroatoms. The number of benzene rings is 1. The molecule has 0 aliphatic heterocycles. The third-order valence-electron chi connectivity index (χ3n) is 3.36. The molecular formula is C16H13ClN4O2. The predicted molar refractivity (Wildman–Crippen MR) is 90.4 cm³/mol. The van der Waals surface area contributed by atoms with Crippen molar-refractivity contribution in [2.45, 2.75) is 13.8 Å². The second-order valence-corrected chi connectivity index (χ2v) is 5.62. The van der Waals surface area contributed by atoms with Crippen LogP contribution < -0.4 is 5.32 Å². The lowest BCUT2D eigenvalue weighted by Gasteiger charge is -2.11. The smallest absolute Gasteiger partial charge is 0.292 e. The molecule has 0 saturated heterocycles. The molecule has 2 heterocycles. The lowest BCUT2D eigenvalue weighted by molar-refractivity contribution is -0.383. The number of fused-ring (bicyclic) bond motifs is 1. The number of aryl methyl sites for hydroxylation is 2. The summed E-state index contributed by atoms with van der Waals surface area (Å²) in [7, 11) is 0. The van der Waals surface area contributed by atoms with Gasteiger partial charge in [0.2, 0.25) is 0 Å². The van der Waals surface area contributed by atoms with E-state index in [0.29, 0.717) is 22.0 Å². The van der Waals surface area contributed by atoms with Gasteiger partial charge in [0.15, 0.2) is 5.65 Å². The van der Waals surface area contributed by atoms with E-state index in [-0.39, 0.29) is 5.69 Å². The van der Waals surface area contributed by atoms with Crippen molar-refractivity contribution in [2.24, 2.45) is 0 Å². The van der Waals surface area contributed by atoms with Crippen LogP contribution in [0.3, 0.4) is 0 Å². The first-order valence-corrected chi connectivity index (χ1v) is 7.28. The minimum absolute atomic E-state index is 0.0444. The van der Waals surface area contributed by atoms with E-state index in [2.05, 4.69) is 15.3 Å². The molecule has 1 aromatic carbocycles. The van der Waals surface area contributed by atoms with Gasteiger partial charge in [-0.1, -0.05) is 11.6 Å². The molecule has 23 heavy (non-hydrogen) atoms. The van der Waals surface area contributed by atoms with Gasteiger partial charge in [0.1, 0.15) is 5.69 Å². The minimum Gasteiger partial charge on any atom is -0.349 e. The van der Waals surface area contributed by atoms with Crippen molar-refractivity contribution in [2.75, 3.05) is 5.32 Å². The molecule has 1 N–H and O–H groups in total. The number of halogens is 1. The van der Waals surface area contributed by atoms with Crippen molar-refractivity contribution < 1.29 is 4.92 Å². The summed E-state index contributed by atoms with van der Waals surface area (Å²) in [5.41, 5.74) is 3.20. The molecule has 3 aromatic rings. The number of nitrogens with one attached hydrogen (secondary N) is 1. The first kappa shape index (κ1) is 15.2. The van der Waals surface area contributed by atoms with Crippen LogP contribution in [-0.4, -0.2) is 14.9 Å². The van der Waals surface area contributed by atoms with Crippen molar-refractivity contribution in [3.8, 4) is 0 Å². The van der Waals surface area contributed by atoms with E-state index in [0.717, 1.165) is 16.8 Å². The zero-order valence-corrected chi connectivity index (χ0v) is 13.3. The van der Waals surface area contributed by atoms with E-state index in [9.17, 15) is 10.1 Å². The lowest BCUT2D eigenvalue weighted by Crippen LogP contribution is -2.00. The van der Waals surface area contributed by atoms with Crippen LogP contribution in [0.25, 0.3) is 11.0 Å². The van der Waals surface area contributed by atoms with Gasteiger partial charge in [-0.25, -0.2) is 9.97 Å². The molecule has 0 bridgehead atoms. The molecule has 0 spiro atoms. The number of nitro benzene ring substituents is 1. The SMILES string of the molecule is Cc1ccc2c(Nc3cc(Cl)ccc3[N+](=O)[O-])cc(C)nc2n1. The number of aromatic nitrogens is 2. The molecule has 0 aliphatic rings. The molecule has 6 nitrogen and oxygen atoms in total. The van der Waals surface area contributed by atoms with Gasteiger partial charge in [-0.2, -0.15) is 0 Å². The number of hydrogen-bond acceptors (Lipinski definition) is 5. The Morgan fingerprint density at radius 2 is 1.78 bits per heavy atom. The third-order valence-corrected chi connectivity index (χ3v) is 3.60. The highest BCUT2D eigenvalue weighted by Gasteiger charge is 2.15. The van der Waals surface area contributed by atoms with Crippen molar-refractivity contribution in [3.63, 3.8) is 0 Å². The van der Waals surface area contributed by atoms with Gasteiger partial charge in [0.25, 0.3) is 5.69 Å². The summed E-state index contributed by atoms with van der Waals surface area (Å²) in [4.78, 5) is 19.6. The largest absolute Gasteiger partial charge is 0.349 e. The maximum absolute atomic E-state index is 11.2. The van der Waals surface area contributed by atoms with Gasteiger partial charge in [-0.05, 0) is 44.2 Å². The fourth-order valence-corrected chi connectivity index (χ4v) is 2.51. The second kappa shape index (κ2) is 5.81. The monoisotopic (exact) mass is 328 g/mol. The van der Waals surface area contributed by atoms with E-state index in [4.69, 9.17) is 11.6 Å². The van der Waals surface area contributed by atoms with E-state index in [1.807, 2.05) is 32.0 Å². The summed E-state index contributed by atoms with van der Waals surface area (Å²) >= 11 is 5.97. The van der Waals surface area contributed by atoms with Crippen molar-refractivity contribution in [3.05, 3.63) is 62.9 Å². The van der Waals surface area contributed by atoms with E-state index >= 15 is 0 Å². The number of nitro groups is 1. The fourth-order valence-electron chi connectivity index (χ4n) is 2.34. The average Bonchev–Trinajstić information content (AvgIpc) is 2.46. The Bertz CT molecular complexity index is 922.